The van der Waals surface area contributed by atoms with Crippen molar-refractivity contribution >= 4 is 56.1 Å². The number of carbonyl (C=O) groups excluding carboxylic acids is 1. The SMILES string of the molecule is CCC.O=C(O)CCCN1C(=O)C(Cc2ccc(-c3ccc(Br)cc3)o2)SC1=S. The number of aliphatic carboxylic acids is 1. The van der Waals surface area contributed by atoms with Gasteiger partial charge in [-0.2, -0.15) is 0 Å². The van der Waals surface area contributed by atoms with Gasteiger partial charge in [0, 0.05) is 29.4 Å². The lowest BCUT2D eigenvalue weighted by atomic mass is 10.2. The van der Waals surface area contributed by atoms with Crippen LogP contribution in [-0.4, -0.2) is 38.0 Å². The molecule has 1 fully saturated rings. The Kier molecular flexibility index (Phi) is 9.39. The number of hydrogen-bond acceptors (Lipinski definition) is 5. The molecule has 0 bridgehead atoms. The molecule has 1 aliphatic rings. The molecule has 1 unspecified atom stereocenters. The molecule has 1 amide bonds. The first-order chi connectivity index (χ1) is 13.8. The normalized spacial score (nSPS) is 16.0. The van der Waals surface area contributed by atoms with Gasteiger partial charge in [-0.3, -0.25) is 14.5 Å². The smallest absolute Gasteiger partial charge is 0.303 e. The second-order valence-corrected chi connectivity index (χ2v) is 9.30. The van der Waals surface area contributed by atoms with Crippen LogP contribution in [0, 0.1) is 0 Å². The monoisotopic (exact) mass is 497 g/mol. The Morgan fingerprint density at radius 2 is 1.90 bits per heavy atom. The van der Waals surface area contributed by atoms with Gasteiger partial charge >= 0.3 is 5.97 Å². The highest BCUT2D eigenvalue weighted by Gasteiger charge is 2.37. The zero-order valence-corrected chi connectivity index (χ0v) is 19.6. The number of rotatable bonds is 7. The van der Waals surface area contributed by atoms with E-state index in [1.165, 1.54) is 23.1 Å². The number of carbonyl (C=O) groups is 2. The molecule has 5 nitrogen and oxygen atoms in total. The lowest BCUT2D eigenvalue weighted by Gasteiger charge is -2.14. The molecule has 156 valence electrons. The Morgan fingerprint density at radius 3 is 2.52 bits per heavy atom. The van der Waals surface area contributed by atoms with Gasteiger partial charge in [0.2, 0.25) is 5.91 Å². The molecule has 0 aliphatic carbocycles. The van der Waals surface area contributed by atoms with Gasteiger partial charge in [-0.1, -0.05) is 72.3 Å². The summed E-state index contributed by atoms with van der Waals surface area (Å²) in [6, 6.07) is 11.6. The van der Waals surface area contributed by atoms with E-state index in [4.69, 9.17) is 21.7 Å². The van der Waals surface area contributed by atoms with E-state index in [1.54, 1.807) is 0 Å². The van der Waals surface area contributed by atoms with Gasteiger partial charge in [0.1, 0.15) is 15.8 Å². The maximum atomic E-state index is 12.5. The fourth-order valence-corrected chi connectivity index (χ4v) is 4.48. The van der Waals surface area contributed by atoms with Crippen LogP contribution in [0.3, 0.4) is 0 Å². The van der Waals surface area contributed by atoms with Crippen LogP contribution in [0.2, 0.25) is 0 Å². The van der Waals surface area contributed by atoms with Crippen molar-refractivity contribution in [3.63, 3.8) is 0 Å². The largest absolute Gasteiger partial charge is 0.481 e. The average Bonchev–Trinajstić information content (AvgIpc) is 3.23. The minimum Gasteiger partial charge on any atom is -0.481 e. The molecule has 3 rings (SSSR count). The molecule has 29 heavy (non-hydrogen) atoms. The molecule has 0 radical (unpaired) electrons. The third-order valence-electron chi connectivity index (χ3n) is 3.95. The molecule has 1 aromatic heterocycles. The van der Waals surface area contributed by atoms with E-state index in [0.717, 1.165) is 21.6 Å². The van der Waals surface area contributed by atoms with E-state index in [0.29, 0.717) is 23.7 Å². The number of halogens is 1. The summed E-state index contributed by atoms with van der Waals surface area (Å²) in [5.74, 6) is 0.530. The summed E-state index contributed by atoms with van der Waals surface area (Å²) in [5, 5.41) is 8.40. The lowest BCUT2D eigenvalue weighted by molar-refractivity contribution is -0.137. The molecule has 2 heterocycles. The first-order valence-corrected chi connectivity index (χ1v) is 11.5. The van der Waals surface area contributed by atoms with Crippen molar-refractivity contribution in [3.8, 4) is 11.3 Å². The molecule has 2 aromatic rings. The van der Waals surface area contributed by atoms with Gasteiger partial charge in [-0.15, -0.1) is 0 Å². The van der Waals surface area contributed by atoms with Crippen LogP contribution in [0.5, 0.6) is 0 Å². The number of amides is 1. The summed E-state index contributed by atoms with van der Waals surface area (Å²) in [6.45, 7) is 4.59. The average molecular weight is 498 g/mol. The Balaban J connectivity index is 0.000000941. The van der Waals surface area contributed by atoms with Crippen LogP contribution in [0.4, 0.5) is 0 Å². The van der Waals surface area contributed by atoms with E-state index in [9.17, 15) is 9.59 Å². The predicted molar refractivity (Wildman–Crippen MR) is 124 cm³/mol. The minimum absolute atomic E-state index is 0.0243. The van der Waals surface area contributed by atoms with Gasteiger partial charge in [-0.05, 0) is 30.7 Å². The molecular formula is C21H24BrNO4S2. The molecular weight excluding hydrogens is 474 g/mol. The molecule has 8 heteroatoms. The zero-order chi connectivity index (χ0) is 21.4. The van der Waals surface area contributed by atoms with Gasteiger partial charge in [0.15, 0.2) is 0 Å². The summed E-state index contributed by atoms with van der Waals surface area (Å²) in [5.41, 5.74) is 0.968. The van der Waals surface area contributed by atoms with Gasteiger partial charge in [0.25, 0.3) is 0 Å². The van der Waals surface area contributed by atoms with Crippen LogP contribution in [0.1, 0.15) is 38.9 Å². The van der Waals surface area contributed by atoms with Crippen molar-refractivity contribution in [1.29, 1.82) is 0 Å². The van der Waals surface area contributed by atoms with Crippen molar-refractivity contribution in [2.24, 2.45) is 0 Å². The second kappa shape index (κ2) is 11.5. The van der Waals surface area contributed by atoms with Gasteiger partial charge in [-0.25, -0.2) is 0 Å². The third-order valence-corrected chi connectivity index (χ3v) is 6.07. The fraction of sp³-hybridized carbons (Fsp3) is 0.381. The van der Waals surface area contributed by atoms with Gasteiger partial charge in [0.05, 0.1) is 5.25 Å². The van der Waals surface area contributed by atoms with Crippen molar-refractivity contribution in [3.05, 3.63) is 46.6 Å². The number of furan rings is 1. The topological polar surface area (TPSA) is 70.8 Å². The Bertz CT molecular complexity index is 851. The fourth-order valence-electron chi connectivity index (χ4n) is 2.66. The Morgan fingerprint density at radius 1 is 1.24 bits per heavy atom. The third kappa shape index (κ3) is 6.97. The highest BCUT2D eigenvalue weighted by molar-refractivity contribution is 9.10. The highest BCUT2D eigenvalue weighted by Crippen LogP contribution is 2.32. The standard InChI is InChI=1S/C18H16BrNO4S2.C3H8/c19-12-5-3-11(4-6-12)14-8-7-13(24-14)10-15-17(23)20(18(25)26-15)9-1-2-16(21)22;1-3-2/h3-8,15H,1-2,9-10H2,(H,21,22);3H2,1-2H3. The second-order valence-electron chi connectivity index (χ2n) is 6.54. The number of benzene rings is 1. The van der Waals surface area contributed by atoms with Crippen LogP contribution in [-0.2, 0) is 16.0 Å². The molecule has 1 aliphatic heterocycles. The number of hydrogen-bond donors (Lipinski definition) is 1. The van der Waals surface area contributed by atoms with E-state index < -0.39 is 5.97 Å². The van der Waals surface area contributed by atoms with Gasteiger partial charge < -0.3 is 9.52 Å². The van der Waals surface area contributed by atoms with Crippen LogP contribution in [0.25, 0.3) is 11.3 Å². The maximum Gasteiger partial charge on any atom is 0.303 e. The Labute approximate surface area is 189 Å². The number of thiocarbonyl (C=S) groups is 1. The first-order valence-electron chi connectivity index (χ1n) is 9.44. The van der Waals surface area contributed by atoms with Crippen molar-refractivity contribution < 1.29 is 19.1 Å². The number of carboxylic acid groups (broad SMARTS) is 1. The highest BCUT2D eigenvalue weighted by atomic mass is 79.9. The number of thioether (sulfide) groups is 1. The zero-order valence-electron chi connectivity index (χ0n) is 16.4. The van der Waals surface area contributed by atoms with E-state index in [-0.39, 0.29) is 17.6 Å². The summed E-state index contributed by atoms with van der Waals surface area (Å²) >= 11 is 10.0. The Hall–Kier alpha value is -1.64. The minimum atomic E-state index is -0.872. The summed E-state index contributed by atoms with van der Waals surface area (Å²) in [6.07, 6.45) is 2.12. The van der Waals surface area contributed by atoms with Crippen molar-refractivity contribution in [1.82, 2.24) is 4.90 Å². The van der Waals surface area contributed by atoms with Crippen LogP contribution < -0.4 is 0 Å². The molecule has 0 spiro atoms. The molecule has 1 aromatic carbocycles. The maximum absolute atomic E-state index is 12.5. The summed E-state index contributed by atoms with van der Waals surface area (Å²) in [7, 11) is 0. The number of carboxylic acids is 1. The van der Waals surface area contributed by atoms with Crippen molar-refractivity contribution in [2.45, 2.75) is 44.8 Å². The number of nitrogens with zero attached hydrogens (tertiary/aromatic N) is 1. The molecule has 1 N–H and O–H groups in total. The molecule has 0 saturated carbocycles. The predicted octanol–water partition coefficient (Wildman–Crippen LogP) is 5.76. The van der Waals surface area contributed by atoms with Crippen LogP contribution in [0.15, 0.2) is 45.3 Å². The first kappa shape index (κ1) is 23.6. The van der Waals surface area contributed by atoms with Crippen LogP contribution >= 0.6 is 39.9 Å². The summed E-state index contributed by atoms with van der Waals surface area (Å²) in [4.78, 5) is 24.7. The van der Waals surface area contributed by atoms with E-state index >= 15 is 0 Å². The molecule has 1 saturated heterocycles. The summed E-state index contributed by atoms with van der Waals surface area (Å²) < 4.78 is 7.38. The lowest BCUT2D eigenvalue weighted by Crippen LogP contribution is -2.33. The molecule has 1 atom stereocenters. The van der Waals surface area contributed by atoms with E-state index in [1.807, 2.05) is 36.4 Å². The quantitative estimate of drug-likeness (QED) is 0.490. The van der Waals surface area contributed by atoms with Crippen molar-refractivity contribution in [2.75, 3.05) is 6.54 Å². The van der Waals surface area contributed by atoms with E-state index in [2.05, 4.69) is 29.8 Å².